The van der Waals surface area contributed by atoms with E-state index in [2.05, 4.69) is 15.8 Å². The summed E-state index contributed by atoms with van der Waals surface area (Å²) in [5.74, 6) is 0.0194. The lowest BCUT2D eigenvalue weighted by Gasteiger charge is -2.10. The van der Waals surface area contributed by atoms with Crippen molar-refractivity contribution in [1.82, 2.24) is 5.16 Å². The molecule has 0 spiro atoms. The van der Waals surface area contributed by atoms with Crippen LogP contribution < -0.4 is 10.6 Å². The van der Waals surface area contributed by atoms with Crippen molar-refractivity contribution in [3.8, 4) is 0 Å². The predicted molar refractivity (Wildman–Crippen MR) is 100 cm³/mol. The van der Waals surface area contributed by atoms with Gasteiger partial charge in [-0.25, -0.2) is 0 Å². The standard InChI is InChI=1S/C18H13Cl2N3O3/c1-10-8-15(23-26-10)21-17(24)11-4-2-5-12(9-11)18(25)22-16-13(19)6-3-7-14(16)20/h2-9H,1H3,(H,22,25)(H,21,23,24). The van der Waals surface area contributed by atoms with Gasteiger partial charge in [-0.1, -0.05) is 40.5 Å². The molecule has 2 N–H and O–H groups in total. The summed E-state index contributed by atoms with van der Waals surface area (Å²) in [6.45, 7) is 1.72. The van der Waals surface area contributed by atoms with Crippen molar-refractivity contribution in [3.63, 3.8) is 0 Å². The molecule has 0 saturated carbocycles. The molecular weight excluding hydrogens is 377 g/mol. The van der Waals surface area contributed by atoms with E-state index in [0.29, 0.717) is 32.9 Å². The molecule has 2 aromatic carbocycles. The van der Waals surface area contributed by atoms with Crippen molar-refractivity contribution in [3.05, 3.63) is 75.5 Å². The van der Waals surface area contributed by atoms with Crippen molar-refractivity contribution < 1.29 is 14.1 Å². The van der Waals surface area contributed by atoms with Crippen LogP contribution >= 0.6 is 23.2 Å². The van der Waals surface area contributed by atoms with Crippen LogP contribution in [0.15, 0.2) is 53.1 Å². The molecule has 1 heterocycles. The molecule has 0 radical (unpaired) electrons. The Balaban J connectivity index is 1.78. The van der Waals surface area contributed by atoms with Gasteiger partial charge < -0.3 is 15.2 Å². The molecule has 3 rings (SSSR count). The maximum atomic E-state index is 12.5. The molecule has 0 atom stereocenters. The van der Waals surface area contributed by atoms with Crippen molar-refractivity contribution >= 4 is 46.5 Å². The van der Waals surface area contributed by atoms with Gasteiger partial charge in [0.25, 0.3) is 11.8 Å². The lowest BCUT2D eigenvalue weighted by Crippen LogP contribution is -2.16. The van der Waals surface area contributed by atoms with Crippen LogP contribution in [-0.2, 0) is 0 Å². The number of aromatic nitrogens is 1. The summed E-state index contributed by atoms with van der Waals surface area (Å²) in [7, 11) is 0. The number of hydrogen-bond donors (Lipinski definition) is 2. The van der Waals surface area contributed by atoms with Gasteiger partial charge in [-0.15, -0.1) is 0 Å². The van der Waals surface area contributed by atoms with Crippen LogP contribution in [0.1, 0.15) is 26.5 Å². The van der Waals surface area contributed by atoms with E-state index >= 15 is 0 Å². The highest BCUT2D eigenvalue weighted by Crippen LogP contribution is 2.30. The first-order chi connectivity index (χ1) is 12.4. The molecule has 0 aliphatic carbocycles. The average Bonchev–Trinajstić information content (AvgIpc) is 3.03. The fraction of sp³-hybridized carbons (Fsp3) is 0.0556. The van der Waals surface area contributed by atoms with E-state index in [1.165, 1.54) is 6.07 Å². The van der Waals surface area contributed by atoms with Crippen LogP contribution in [0.4, 0.5) is 11.5 Å². The Hall–Kier alpha value is -2.83. The number of carbonyl (C=O) groups excluding carboxylic acids is 2. The number of para-hydroxylation sites is 1. The molecule has 0 saturated heterocycles. The number of hydrogen-bond acceptors (Lipinski definition) is 4. The highest BCUT2D eigenvalue weighted by Gasteiger charge is 2.14. The van der Waals surface area contributed by atoms with Gasteiger partial charge >= 0.3 is 0 Å². The quantitative estimate of drug-likeness (QED) is 0.671. The number of benzene rings is 2. The van der Waals surface area contributed by atoms with Crippen LogP contribution in [0.25, 0.3) is 0 Å². The molecule has 3 aromatic rings. The van der Waals surface area contributed by atoms with Gasteiger partial charge in [0.05, 0.1) is 15.7 Å². The summed E-state index contributed by atoms with van der Waals surface area (Å²) in [6, 6.07) is 12.7. The Kier molecular flexibility index (Phi) is 5.25. The van der Waals surface area contributed by atoms with Gasteiger partial charge in [0, 0.05) is 17.2 Å². The van der Waals surface area contributed by atoms with Gasteiger partial charge in [0.1, 0.15) is 5.76 Å². The molecule has 0 aliphatic heterocycles. The van der Waals surface area contributed by atoms with Gasteiger partial charge in [-0.3, -0.25) is 9.59 Å². The lowest BCUT2D eigenvalue weighted by molar-refractivity contribution is 0.102. The highest BCUT2D eigenvalue weighted by molar-refractivity contribution is 6.40. The Bertz CT molecular complexity index is 965. The van der Waals surface area contributed by atoms with Gasteiger partial charge in [-0.2, -0.15) is 0 Å². The molecule has 8 heteroatoms. The number of rotatable bonds is 4. The predicted octanol–water partition coefficient (Wildman–Crippen LogP) is 4.79. The minimum atomic E-state index is -0.438. The third-order valence-electron chi connectivity index (χ3n) is 3.46. The Morgan fingerprint density at radius 2 is 1.50 bits per heavy atom. The summed E-state index contributed by atoms with van der Waals surface area (Å²) in [4.78, 5) is 24.8. The Morgan fingerprint density at radius 3 is 2.08 bits per heavy atom. The minimum Gasteiger partial charge on any atom is -0.360 e. The van der Waals surface area contributed by atoms with Crippen LogP contribution in [-0.4, -0.2) is 17.0 Å². The van der Waals surface area contributed by atoms with Gasteiger partial charge in [0.2, 0.25) is 0 Å². The molecule has 0 aliphatic rings. The summed E-state index contributed by atoms with van der Waals surface area (Å²) in [6.07, 6.45) is 0. The Morgan fingerprint density at radius 1 is 0.923 bits per heavy atom. The third kappa shape index (κ3) is 4.04. The summed E-state index contributed by atoms with van der Waals surface area (Å²) >= 11 is 12.1. The molecule has 0 fully saturated rings. The fourth-order valence-electron chi connectivity index (χ4n) is 2.22. The number of halogens is 2. The van der Waals surface area contributed by atoms with Crippen LogP contribution in [0, 0.1) is 6.92 Å². The number of nitrogens with one attached hydrogen (secondary N) is 2. The zero-order chi connectivity index (χ0) is 18.7. The van der Waals surface area contributed by atoms with E-state index in [0.717, 1.165) is 0 Å². The number of amides is 2. The number of aryl methyl sites for hydroxylation is 1. The van der Waals surface area contributed by atoms with Crippen molar-refractivity contribution in [2.45, 2.75) is 6.92 Å². The first-order valence-corrected chi connectivity index (χ1v) is 8.30. The molecule has 6 nitrogen and oxygen atoms in total. The minimum absolute atomic E-state index is 0.282. The summed E-state index contributed by atoms with van der Waals surface area (Å²) in [5, 5.41) is 9.59. The lowest BCUT2D eigenvalue weighted by atomic mass is 10.1. The van der Waals surface area contributed by atoms with Crippen molar-refractivity contribution in [2.24, 2.45) is 0 Å². The van der Waals surface area contributed by atoms with Crippen molar-refractivity contribution in [1.29, 1.82) is 0 Å². The van der Waals surface area contributed by atoms with E-state index in [1.807, 2.05) is 0 Å². The summed E-state index contributed by atoms with van der Waals surface area (Å²) in [5.41, 5.74) is 0.891. The third-order valence-corrected chi connectivity index (χ3v) is 4.09. The Labute approximate surface area is 159 Å². The van der Waals surface area contributed by atoms with E-state index < -0.39 is 11.8 Å². The van der Waals surface area contributed by atoms with E-state index in [4.69, 9.17) is 27.7 Å². The summed E-state index contributed by atoms with van der Waals surface area (Å²) < 4.78 is 4.90. The van der Waals surface area contributed by atoms with Crippen LogP contribution in [0.3, 0.4) is 0 Å². The first kappa shape index (κ1) is 18.0. The molecule has 2 amide bonds. The fourth-order valence-corrected chi connectivity index (χ4v) is 2.71. The monoisotopic (exact) mass is 389 g/mol. The topological polar surface area (TPSA) is 84.2 Å². The van der Waals surface area contributed by atoms with E-state index in [9.17, 15) is 9.59 Å². The number of anilines is 2. The SMILES string of the molecule is Cc1cc(NC(=O)c2cccc(C(=O)Nc3c(Cl)cccc3Cl)c2)no1. The molecule has 26 heavy (non-hydrogen) atoms. The highest BCUT2D eigenvalue weighted by atomic mass is 35.5. The average molecular weight is 390 g/mol. The molecule has 0 unspecified atom stereocenters. The zero-order valence-electron chi connectivity index (χ0n) is 13.5. The van der Waals surface area contributed by atoms with Gasteiger partial charge in [-0.05, 0) is 37.3 Å². The second-order valence-corrected chi connectivity index (χ2v) is 6.22. The normalized spacial score (nSPS) is 10.4. The van der Waals surface area contributed by atoms with E-state index in [1.54, 1.807) is 49.4 Å². The maximum Gasteiger partial charge on any atom is 0.256 e. The first-order valence-electron chi connectivity index (χ1n) is 7.54. The second kappa shape index (κ2) is 7.59. The molecule has 1 aromatic heterocycles. The van der Waals surface area contributed by atoms with Gasteiger partial charge in [0.15, 0.2) is 5.82 Å². The van der Waals surface area contributed by atoms with Crippen LogP contribution in [0.2, 0.25) is 10.0 Å². The zero-order valence-corrected chi connectivity index (χ0v) is 15.1. The second-order valence-electron chi connectivity index (χ2n) is 5.41. The largest absolute Gasteiger partial charge is 0.360 e. The maximum absolute atomic E-state index is 12.5. The molecule has 132 valence electrons. The van der Waals surface area contributed by atoms with E-state index in [-0.39, 0.29) is 5.56 Å². The van der Waals surface area contributed by atoms with Crippen molar-refractivity contribution in [2.75, 3.05) is 10.6 Å². The smallest absolute Gasteiger partial charge is 0.256 e. The number of carbonyl (C=O) groups is 2. The van der Waals surface area contributed by atoms with Crippen LogP contribution in [0.5, 0.6) is 0 Å². The molecular formula is C18H13Cl2N3O3. The molecule has 0 bridgehead atoms. The number of nitrogens with zero attached hydrogens (tertiary/aromatic N) is 1.